The molecule has 0 atom stereocenters. The maximum atomic E-state index is 2.72. The van der Waals surface area contributed by atoms with E-state index < -0.39 is 0 Å². The second kappa shape index (κ2) is 8.12. The predicted octanol–water partition coefficient (Wildman–Crippen LogP) is 8.94. The molecular weight excluding hydrogens is 531 g/mol. The number of fused-ring (bicyclic) bond motifs is 11. The molecule has 0 amide bonds. The molecule has 1 aliphatic carbocycles. The van der Waals surface area contributed by atoms with E-state index in [2.05, 4.69) is 152 Å². The van der Waals surface area contributed by atoms with Crippen LogP contribution in [-0.4, -0.2) is 11.4 Å². The minimum Gasteiger partial charge on any atom is -0.376 e. The van der Waals surface area contributed by atoms with E-state index in [4.69, 9.17) is 0 Å². The van der Waals surface area contributed by atoms with Gasteiger partial charge in [0.05, 0.1) is 11.0 Å². The van der Waals surface area contributed by atoms with Crippen molar-refractivity contribution < 1.29 is 0 Å². The van der Waals surface area contributed by atoms with Crippen molar-refractivity contribution in [1.29, 1.82) is 0 Å². The largest absolute Gasteiger partial charge is 0.376 e. The zero-order valence-electron chi connectivity index (χ0n) is 25.4. The Bertz CT molecular complexity index is 2410. The molecule has 0 saturated heterocycles. The first-order valence-electron chi connectivity index (χ1n) is 15.7. The molecule has 0 saturated carbocycles. The minimum atomic E-state index is -0.141. The lowest BCUT2D eigenvalue weighted by Gasteiger charge is -2.45. The fourth-order valence-electron chi connectivity index (χ4n) is 8.95. The number of benzene rings is 6. The molecule has 0 bridgehead atoms. The predicted molar refractivity (Wildman–Crippen MR) is 187 cm³/mol. The smallest absolute Gasteiger partial charge is 0.333 e. The maximum Gasteiger partial charge on any atom is 0.333 e. The van der Waals surface area contributed by atoms with Crippen molar-refractivity contribution in [2.75, 3.05) is 4.81 Å². The highest BCUT2D eigenvalue weighted by molar-refractivity contribution is 6.93. The van der Waals surface area contributed by atoms with Gasteiger partial charge in [-0.05, 0) is 81.9 Å². The van der Waals surface area contributed by atoms with Crippen molar-refractivity contribution >= 4 is 51.0 Å². The van der Waals surface area contributed by atoms with Crippen LogP contribution in [0.3, 0.4) is 0 Å². The summed E-state index contributed by atoms with van der Waals surface area (Å²) in [6, 6.07) is 43.6. The fourth-order valence-corrected chi connectivity index (χ4v) is 8.95. The number of anilines is 2. The van der Waals surface area contributed by atoms with Crippen molar-refractivity contribution in [3.05, 3.63) is 138 Å². The van der Waals surface area contributed by atoms with E-state index >= 15 is 0 Å². The topological polar surface area (TPSA) is 8.17 Å². The van der Waals surface area contributed by atoms with Crippen LogP contribution in [0.15, 0.2) is 115 Å². The molecule has 6 aromatic carbocycles. The summed E-state index contributed by atoms with van der Waals surface area (Å²) in [5.74, 6) is 0. The van der Waals surface area contributed by atoms with E-state index in [1.807, 2.05) is 0 Å². The van der Waals surface area contributed by atoms with E-state index in [1.165, 1.54) is 94.3 Å². The average molecular weight is 563 g/mol. The monoisotopic (exact) mass is 562 g/mol. The summed E-state index contributed by atoms with van der Waals surface area (Å²) in [6.07, 6.45) is 0. The highest BCUT2D eigenvalue weighted by Crippen LogP contribution is 2.57. The van der Waals surface area contributed by atoms with Crippen molar-refractivity contribution in [1.82, 2.24) is 4.57 Å². The Balaban J connectivity index is 1.43. The number of aryl methyl sites for hydroxylation is 2. The van der Waals surface area contributed by atoms with Gasteiger partial charge in [-0.25, -0.2) is 0 Å². The molecule has 1 aromatic heterocycles. The van der Waals surface area contributed by atoms with Gasteiger partial charge in [0.1, 0.15) is 0 Å². The van der Waals surface area contributed by atoms with Gasteiger partial charge in [-0.3, -0.25) is 0 Å². The Morgan fingerprint density at radius 2 is 1.36 bits per heavy atom. The van der Waals surface area contributed by atoms with E-state index in [-0.39, 0.29) is 12.3 Å². The molecular formula is C41H31BN2. The molecule has 0 unspecified atom stereocenters. The fraction of sp³-hybridized carbons (Fsp3) is 0.122. The van der Waals surface area contributed by atoms with Gasteiger partial charge in [0, 0.05) is 38.8 Å². The van der Waals surface area contributed by atoms with Crippen LogP contribution in [-0.2, 0) is 5.41 Å². The lowest BCUT2D eigenvalue weighted by molar-refractivity contribution is 0.661. The van der Waals surface area contributed by atoms with Crippen LogP contribution in [0.5, 0.6) is 0 Å². The van der Waals surface area contributed by atoms with E-state index in [1.54, 1.807) is 0 Å². The summed E-state index contributed by atoms with van der Waals surface area (Å²) in [5.41, 5.74) is 20.0. The summed E-state index contributed by atoms with van der Waals surface area (Å²) in [6.45, 7) is 9.41. The molecule has 0 radical (unpaired) electrons. The Hall–Kier alpha value is -5.02. The van der Waals surface area contributed by atoms with Gasteiger partial charge in [-0.15, -0.1) is 0 Å². The third-order valence-corrected chi connectivity index (χ3v) is 10.7. The molecule has 3 heterocycles. The summed E-state index contributed by atoms with van der Waals surface area (Å²) in [4.78, 5) is 2.72. The summed E-state index contributed by atoms with van der Waals surface area (Å²) < 4.78 is 2.55. The van der Waals surface area contributed by atoms with Crippen molar-refractivity contribution in [3.63, 3.8) is 0 Å². The molecule has 0 N–H and O–H groups in total. The quantitative estimate of drug-likeness (QED) is 0.181. The Morgan fingerprint density at radius 1 is 0.614 bits per heavy atom. The minimum absolute atomic E-state index is 0.0423. The van der Waals surface area contributed by atoms with Crippen LogP contribution in [0.4, 0.5) is 11.4 Å². The molecule has 0 fully saturated rings. The maximum absolute atomic E-state index is 2.72. The molecule has 10 rings (SSSR count). The number of aromatic nitrogens is 1. The number of hydrogen-bond acceptors (Lipinski definition) is 1. The second-order valence-electron chi connectivity index (χ2n) is 13.5. The van der Waals surface area contributed by atoms with E-state index in [0.717, 1.165) is 0 Å². The molecule has 208 valence electrons. The highest BCUT2D eigenvalue weighted by Gasteiger charge is 2.48. The Morgan fingerprint density at radius 3 is 2.25 bits per heavy atom. The number of hydrogen-bond donors (Lipinski definition) is 0. The van der Waals surface area contributed by atoms with E-state index in [9.17, 15) is 0 Å². The average Bonchev–Trinajstić information content (AvgIpc) is 3.50. The molecule has 0 spiro atoms. The number of nitrogens with zero attached hydrogens (tertiary/aromatic N) is 2. The SMILES string of the molecule is Cc1cc2c3c(c1)-n1c4ccccc4c4cccc(c41)B3N(c1ccccc1C)c1c-2ccc2c1C(C)(C)c1ccccc1-2. The molecule has 3 heteroatoms. The van der Waals surface area contributed by atoms with Gasteiger partial charge in [0.2, 0.25) is 0 Å². The van der Waals surface area contributed by atoms with Crippen LogP contribution < -0.4 is 15.7 Å². The molecule has 44 heavy (non-hydrogen) atoms. The highest BCUT2D eigenvalue weighted by atomic mass is 15.1. The van der Waals surface area contributed by atoms with Crippen molar-refractivity contribution in [2.24, 2.45) is 0 Å². The standard InChI is InChI=1S/C41H31BN2/c1-24-22-31-30-21-20-28-26-13-6-8-16-32(26)41(3,4)37(28)40(30)44(34-18-9-5-12-25(34)2)42-33-17-11-15-29-27-14-7-10-19-35(27)43(39(29)33)36(23-24)38(31)42/h5-23H,1-4H3. The Labute approximate surface area is 258 Å². The van der Waals surface area contributed by atoms with Gasteiger partial charge in [-0.1, -0.05) is 111 Å². The third kappa shape index (κ3) is 2.79. The van der Waals surface area contributed by atoms with Crippen LogP contribution >= 0.6 is 0 Å². The lowest BCUT2D eigenvalue weighted by atomic mass is 9.43. The van der Waals surface area contributed by atoms with Crippen LogP contribution in [0, 0.1) is 13.8 Å². The summed E-state index contributed by atoms with van der Waals surface area (Å²) in [7, 11) is 0. The molecule has 2 nitrogen and oxygen atoms in total. The molecule has 2 aliphatic heterocycles. The van der Waals surface area contributed by atoms with Crippen molar-refractivity contribution in [3.8, 4) is 27.9 Å². The molecule has 7 aromatic rings. The first kappa shape index (κ1) is 24.4. The third-order valence-electron chi connectivity index (χ3n) is 10.7. The first-order valence-corrected chi connectivity index (χ1v) is 15.7. The zero-order chi connectivity index (χ0) is 29.5. The first-order chi connectivity index (χ1) is 21.4. The van der Waals surface area contributed by atoms with Gasteiger partial charge < -0.3 is 9.38 Å². The van der Waals surface area contributed by atoms with E-state index in [0.29, 0.717) is 0 Å². The van der Waals surface area contributed by atoms with Gasteiger partial charge >= 0.3 is 6.85 Å². The van der Waals surface area contributed by atoms with Crippen molar-refractivity contribution in [2.45, 2.75) is 33.1 Å². The zero-order valence-corrected chi connectivity index (χ0v) is 25.4. The van der Waals surface area contributed by atoms with Gasteiger partial charge in [-0.2, -0.15) is 0 Å². The Kier molecular flexibility index (Phi) is 4.51. The second-order valence-corrected chi connectivity index (χ2v) is 13.5. The van der Waals surface area contributed by atoms with Crippen LogP contribution in [0.25, 0.3) is 49.7 Å². The van der Waals surface area contributed by atoms with Crippen LogP contribution in [0.2, 0.25) is 0 Å². The summed E-state index contributed by atoms with van der Waals surface area (Å²) >= 11 is 0. The lowest BCUT2D eigenvalue weighted by Crippen LogP contribution is -2.61. The number of para-hydroxylation sites is 3. The molecule has 3 aliphatic rings. The van der Waals surface area contributed by atoms with Gasteiger partial charge in [0.25, 0.3) is 0 Å². The number of rotatable bonds is 1. The van der Waals surface area contributed by atoms with Crippen LogP contribution in [0.1, 0.15) is 36.1 Å². The van der Waals surface area contributed by atoms with Gasteiger partial charge in [0.15, 0.2) is 0 Å². The summed E-state index contributed by atoms with van der Waals surface area (Å²) in [5, 5.41) is 2.64. The normalized spacial score (nSPS) is 14.9.